The molecule has 2 aliphatic rings. The number of carbonyl (C=O) groups excluding carboxylic acids is 4. The quantitative estimate of drug-likeness (QED) is 0.0235. The molecule has 17 nitrogen and oxygen atoms in total. The zero-order valence-electron chi connectivity index (χ0n) is 35.2. The van der Waals surface area contributed by atoms with Crippen molar-refractivity contribution in [3.63, 3.8) is 0 Å². The Kier molecular flexibility index (Phi) is 16.1. The molecule has 0 radical (unpaired) electrons. The van der Waals surface area contributed by atoms with Gasteiger partial charge in [0.05, 0.1) is 25.9 Å². The first kappa shape index (κ1) is 47.6. The van der Waals surface area contributed by atoms with Crippen LogP contribution in [-0.2, 0) is 33.3 Å². The number of amides is 3. The highest BCUT2D eigenvalue weighted by molar-refractivity contribution is 7.99. The molecule has 18 heteroatoms. The van der Waals surface area contributed by atoms with Gasteiger partial charge in [0.2, 0.25) is 5.91 Å². The number of esters is 1. The van der Waals surface area contributed by atoms with Crippen molar-refractivity contribution < 1.29 is 63.3 Å². The Morgan fingerprint density at radius 2 is 1.52 bits per heavy atom. The molecule has 0 saturated carbocycles. The van der Waals surface area contributed by atoms with E-state index >= 15 is 0 Å². The topological polar surface area (TPSA) is 257 Å². The smallest absolute Gasteiger partial charge is 0.407 e. The predicted molar refractivity (Wildman–Crippen MR) is 234 cm³/mol. The third kappa shape index (κ3) is 11.1. The number of nitrogens with zero attached hydrogens (tertiary/aromatic N) is 1. The van der Waals surface area contributed by atoms with Crippen LogP contribution >= 0.6 is 11.8 Å². The summed E-state index contributed by atoms with van der Waals surface area (Å²) in [5.74, 6) is 0.0203. The number of carboxylic acids is 1. The molecule has 1 heterocycles. The summed E-state index contributed by atoms with van der Waals surface area (Å²) in [5.41, 5.74) is 6.23. The van der Waals surface area contributed by atoms with Gasteiger partial charge in [-0.2, -0.15) is 11.8 Å². The van der Waals surface area contributed by atoms with Crippen LogP contribution in [0.1, 0.15) is 47.2 Å². The second-order valence-electron chi connectivity index (χ2n) is 15.4. The highest BCUT2D eigenvalue weighted by Crippen LogP contribution is 2.44. The van der Waals surface area contributed by atoms with Crippen LogP contribution in [0.4, 0.5) is 4.79 Å². The molecule has 0 spiro atoms. The van der Waals surface area contributed by atoms with Crippen molar-refractivity contribution in [2.24, 2.45) is 5.84 Å². The predicted octanol–water partition coefficient (Wildman–Crippen LogP) is 3.05. The summed E-state index contributed by atoms with van der Waals surface area (Å²) in [6.07, 6.45) is -8.40. The summed E-state index contributed by atoms with van der Waals surface area (Å²) in [6.45, 7) is 0.395. The Bertz CT molecular complexity index is 2220. The number of nitrogens with one attached hydrogen (secondary N) is 2. The third-order valence-electron chi connectivity index (χ3n) is 11.2. The summed E-state index contributed by atoms with van der Waals surface area (Å²) in [4.78, 5) is 63.6. The molecule has 4 aromatic rings. The van der Waals surface area contributed by atoms with Crippen LogP contribution in [0.25, 0.3) is 22.3 Å². The lowest BCUT2D eigenvalue weighted by atomic mass is 9.88. The number of methoxy groups -OCH3 is 1. The number of alkyl carbamates (subject to hydrolysis) is 1. The number of aliphatic hydroxyl groups excluding tert-OH is 3. The van der Waals surface area contributed by atoms with Gasteiger partial charge in [-0.1, -0.05) is 91.0 Å². The van der Waals surface area contributed by atoms with Crippen LogP contribution in [-0.4, -0.2) is 136 Å². The monoisotopic (exact) mass is 900 g/mol. The zero-order valence-corrected chi connectivity index (χ0v) is 36.0. The van der Waals surface area contributed by atoms with E-state index in [9.17, 15) is 44.4 Å². The summed E-state index contributed by atoms with van der Waals surface area (Å²) in [5, 5.41) is 49.3. The number of ether oxygens (including phenoxy) is 4. The molecule has 7 atom stereocenters. The largest absolute Gasteiger partial charge is 0.480 e. The number of carbonyl (C=O) groups is 5. The average Bonchev–Trinajstić information content (AvgIpc) is 3.63. The SMILES string of the molecule is COC(=O)[C@@]1(OCCCSCC(NC(=O)OCC2c3ccccc3-c3ccccc32)C(=O)O)C[C@@H](O)C(N(N)C(C)=O)C([C@H](O)[C@H](O)CNC(=O)c2ccc(-c3ccccc3)cc2)O1. The van der Waals surface area contributed by atoms with Crippen LogP contribution in [0, 0.1) is 0 Å². The molecule has 1 fully saturated rings. The van der Waals surface area contributed by atoms with Crippen molar-refractivity contribution in [2.75, 3.05) is 38.4 Å². The van der Waals surface area contributed by atoms with E-state index in [1.807, 2.05) is 78.9 Å². The van der Waals surface area contributed by atoms with Crippen LogP contribution in [0.2, 0.25) is 0 Å². The number of fused-ring (bicyclic) bond motifs is 3. The second kappa shape index (κ2) is 21.7. The second-order valence-corrected chi connectivity index (χ2v) is 16.5. The van der Waals surface area contributed by atoms with Crippen molar-refractivity contribution in [3.8, 4) is 22.3 Å². The van der Waals surface area contributed by atoms with Crippen molar-refractivity contribution in [1.29, 1.82) is 0 Å². The standard InChI is InChI=1S/C46H52N4O13S/c1-27(51)50(47)39-37(52)23-46(44(58)60-2,63-41(39)40(54)38(53)24-48-42(55)30-19-17-29(18-20-30)28-11-4-3-5-12-28)62-21-10-22-64-26-36(43(56)57)49-45(59)61-25-35-33-15-8-6-13-31(33)32-14-7-9-16-34(32)35/h3-9,11-20,35-41,52-54H,10,21-26,47H2,1-2H3,(H,48,55)(H,49,59)(H,56,57)/t36?,37-,38-,39?,40-,41?,46-/m1/s1. The fourth-order valence-electron chi connectivity index (χ4n) is 7.86. The number of benzene rings is 4. The van der Waals surface area contributed by atoms with Gasteiger partial charge < -0.3 is 50.0 Å². The molecule has 8 N–H and O–H groups in total. The Hall–Kier alpha value is -5.86. The fraction of sp³-hybridized carbons (Fsp3) is 0.370. The number of nitrogens with two attached hydrogens (primary N) is 1. The average molecular weight is 901 g/mol. The molecule has 1 aliphatic carbocycles. The number of aliphatic carboxylic acids is 1. The Balaban J connectivity index is 1.02. The Labute approximate surface area is 373 Å². The summed E-state index contributed by atoms with van der Waals surface area (Å²) >= 11 is 1.17. The minimum Gasteiger partial charge on any atom is -0.480 e. The van der Waals surface area contributed by atoms with E-state index in [1.54, 1.807) is 24.3 Å². The highest BCUT2D eigenvalue weighted by atomic mass is 32.2. The molecular weight excluding hydrogens is 849 g/mol. The molecule has 340 valence electrons. The molecule has 4 aromatic carbocycles. The van der Waals surface area contributed by atoms with E-state index in [2.05, 4.69) is 10.6 Å². The molecule has 3 amide bonds. The van der Waals surface area contributed by atoms with Gasteiger partial charge in [-0.25, -0.2) is 20.2 Å². The first-order valence-electron chi connectivity index (χ1n) is 20.6. The lowest BCUT2D eigenvalue weighted by Crippen LogP contribution is -2.70. The van der Waals surface area contributed by atoms with E-state index in [4.69, 9.17) is 24.8 Å². The molecule has 6 rings (SSSR count). The summed E-state index contributed by atoms with van der Waals surface area (Å²) < 4.78 is 22.4. The lowest BCUT2D eigenvalue weighted by Gasteiger charge is -2.48. The Morgan fingerprint density at radius 3 is 2.12 bits per heavy atom. The first-order valence-corrected chi connectivity index (χ1v) is 21.7. The normalized spacial score (nSPS) is 20.4. The van der Waals surface area contributed by atoms with Crippen molar-refractivity contribution in [1.82, 2.24) is 15.6 Å². The van der Waals surface area contributed by atoms with Crippen LogP contribution < -0.4 is 16.5 Å². The molecular formula is C46H52N4O13S. The maximum atomic E-state index is 13.3. The van der Waals surface area contributed by atoms with E-state index in [-0.39, 0.29) is 42.6 Å². The van der Waals surface area contributed by atoms with E-state index < -0.39 is 85.1 Å². The van der Waals surface area contributed by atoms with Gasteiger partial charge in [-0.15, -0.1) is 0 Å². The maximum absolute atomic E-state index is 13.3. The van der Waals surface area contributed by atoms with E-state index in [1.165, 1.54) is 11.8 Å². The molecule has 1 aliphatic heterocycles. The maximum Gasteiger partial charge on any atom is 0.407 e. The van der Waals surface area contributed by atoms with E-state index in [0.29, 0.717) is 5.01 Å². The van der Waals surface area contributed by atoms with Gasteiger partial charge in [0, 0.05) is 37.1 Å². The van der Waals surface area contributed by atoms with Gasteiger partial charge in [0.1, 0.15) is 30.9 Å². The number of hydrogen-bond acceptors (Lipinski definition) is 14. The molecule has 64 heavy (non-hydrogen) atoms. The summed E-state index contributed by atoms with van der Waals surface area (Å²) in [6, 6.07) is 29.1. The fourth-order valence-corrected chi connectivity index (χ4v) is 8.81. The number of carboxylic acid groups (broad SMARTS) is 1. The lowest BCUT2D eigenvalue weighted by molar-refractivity contribution is -0.319. The molecule has 0 bridgehead atoms. The number of rotatable bonds is 19. The highest BCUT2D eigenvalue weighted by Gasteiger charge is 2.57. The molecule has 1 saturated heterocycles. The van der Waals surface area contributed by atoms with E-state index in [0.717, 1.165) is 47.4 Å². The van der Waals surface area contributed by atoms with Gasteiger partial charge in [-0.3, -0.25) is 14.6 Å². The van der Waals surface area contributed by atoms with Gasteiger partial charge in [0.15, 0.2) is 0 Å². The van der Waals surface area contributed by atoms with Gasteiger partial charge in [-0.05, 0) is 57.7 Å². The number of aliphatic hydroxyl groups is 3. The minimum atomic E-state index is -2.35. The van der Waals surface area contributed by atoms with Crippen molar-refractivity contribution in [3.05, 3.63) is 120 Å². The molecule has 3 unspecified atom stereocenters. The van der Waals surface area contributed by atoms with Gasteiger partial charge in [0.25, 0.3) is 11.7 Å². The number of hydrogen-bond donors (Lipinski definition) is 7. The number of thioether (sulfide) groups is 1. The first-order chi connectivity index (χ1) is 30.7. The molecule has 0 aromatic heterocycles. The van der Waals surface area contributed by atoms with Crippen molar-refractivity contribution in [2.45, 2.75) is 68.0 Å². The van der Waals surface area contributed by atoms with Gasteiger partial charge >= 0.3 is 18.0 Å². The van der Waals surface area contributed by atoms with Crippen LogP contribution in [0.15, 0.2) is 103 Å². The minimum absolute atomic E-state index is 0.00637. The number of hydrazine groups is 1. The van der Waals surface area contributed by atoms with Crippen LogP contribution in [0.3, 0.4) is 0 Å². The van der Waals surface area contributed by atoms with Crippen LogP contribution in [0.5, 0.6) is 0 Å². The summed E-state index contributed by atoms with van der Waals surface area (Å²) in [7, 11) is 1.05. The third-order valence-corrected chi connectivity index (χ3v) is 12.3. The van der Waals surface area contributed by atoms with Crippen molar-refractivity contribution >= 4 is 41.6 Å². The Morgan fingerprint density at radius 1 is 0.906 bits per heavy atom. The zero-order chi connectivity index (χ0) is 46.0.